The molecule has 5 atom stereocenters. The van der Waals surface area contributed by atoms with Crippen molar-refractivity contribution in [2.45, 2.75) is 108 Å². The number of amides is 4. The summed E-state index contributed by atoms with van der Waals surface area (Å²) in [5, 5.41) is 15.9. The quantitative estimate of drug-likeness (QED) is 0.355. The number of fused-ring (bicyclic) bond motifs is 3. The number of aliphatic carboxylic acids is 1. The molecule has 4 heterocycles. The molecule has 15 heteroatoms. The first-order valence-electron chi connectivity index (χ1n) is 15.5. The number of hydrogen-bond acceptors (Lipinski definition) is 10. The molecular formula is C30H42N6O8S. The highest BCUT2D eigenvalue weighted by molar-refractivity contribution is 7.15. The zero-order valence-electron chi connectivity index (χ0n) is 25.9. The van der Waals surface area contributed by atoms with Crippen molar-refractivity contribution in [2.24, 2.45) is 5.92 Å². The molecule has 0 bridgehead atoms. The van der Waals surface area contributed by atoms with Crippen LogP contribution in [0.15, 0.2) is 12.2 Å². The molecule has 14 nitrogen and oxygen atoms in total. The van der Waals surface area contributed by atoms with Crippen molar-refractivity contribution in [3.05, 3.63) is 22.7 Å². The number of carboxylic acid groups (broad SMARTS) is 1. The van der Waals surface area contributed by atoms with Crippen LogP contribution >= 0.6 is 11.3 Å². The molecule has 0 radical (unpaired) electrons. The minimum Gasteiger partial charge on any atom is -0.479 e. The van der Waals surface area contributed by atoms with Crippen LogP contribution in [0.4, 0.5) is 14.7 Å². The Morgan fingerprint density at radius 3 is 2.73 bits per heavy atom. The molecule has 3 aliphatic heterocycles. The zero-order chi connectivity index (χ0) is 32.5. The van der Waals surface area contributed by atoms with Gasteiger partial charge in [-0.2, -0.15) is 0 Å². The SMILES string of the molecule is CC(C)(C)OC(=O)N[C@H]1CCCCC/C=C/[C@@H]2C[C@@]2(C(=O)O)NC(=O)[C@@H]2C[C@@H](OC(=O)N3CCc4nc(N)sc4C3)CN2C1=O. The van der Waals surface area contributed by atoms with Gasteiger partial charge in [0.2, 0.25) is 11.8 Å². The normalized spacial score (nSPS) is 29.6. The number of aromatic nitrogens is 1. The molecule has 1 saturated heterocycles. The zero-order valence-corrected chi connectivity index (χ0v) is 26.7. The predicted octanol–water partition coefficient (Wildman–Crippen LogP) is 2.56. The van der Waals surface area contributed by atoms with Crippen LogP contribution in [0.1, 0.15) is 76.3 Å². The fraction of sp³-hybridized carbons (Fsp3) is 0.667. The second-order valence-corrected chi connectivity index (χ2v) is 14.3. The third kappa shape index (κ3) is 7.51. The van der Waals surface area contributed by atoms with Crippen LogP contribution in [-0.2, 0) is 36.8 Å². The molecule has 5 rings (SSSR count). The lowest BCUT2D eigenvalue weighted by Crippen LogP contribution is -2.56. The fourth-order valence-corrected chi connectivity index (χ4v) is 7.08. The minimum absolute atomic E-state index is 0.0225. The molecule has 45 heavy (non-hydrogen) atoms. The van der Waals surface area contributed by atoms with E-state index in [1.807, 2.05) is 12.2 Å². The third-order valence-electron chi connectivity index (χ3n) is 8.59. The van der Waals surface area contributed by atoms with Gasteiger partial charge >= 0.3 is 18.2 Å². The van der Waals surface area contributed by atoms with E-state index in [0.29, 0.717) is 37.5 Å². The molecule has 0 aromatic carbocycles. The minimum atomic E-state index is -1.46. The summed E-state index contributed by atoms with van der Waals surface area (Å²) in [6.07, 6.45) is 5.61. The molecule has 0 unspecified atom stereocenters. The molecule has 0 spiro atoms. The molecule has 1 aromatic heterocycles. The maximum Gasteiger partial charge on any atom is 0.410 e. The summed E-state index contributed by atoms with van der Waals surface area (Å²) in [5.41, 5.74) is 4.44. The van der Waals surface area contributed by atoms with Crippen molar-refractivity contribution < 1.29 is 38.6 Å². The largest absolute Gasteiger partial charge is 0.479 e. The summed E-state index contributed by atoms with van der Waals surface area (Å²) >= 11 is 1.32. The number of carboxylic acids is 1. The Hall–Kier alpha value is -3.88. The highest BCUT2D eigenvalue weighted by Gasteiger charge is 2.61. The van der Waals surface area contributed by atoms with Crippen LogP contribution in [0.2, 0.25) is 0 Å². The van der Waals surface area contributed by atoms with Crippen molar-refractivity contribution >= 4 is 46.4 Å². The first-order valence-corrected chi connectivity index (χ1v) is 16.3. The van der Waals surface area contributed by atoms with E-state index in [-0.39, 0.29) is 25.3 Å². The number of nitrogens with two attached hydrogens (primary N) is 1. The number of anilines is 1. The lowest BCUT2D eigenvalue weighted by atomic mass is 10.0. The third-order valence-corrected chi connectivity index (χ3v) is 9.50. The van der Waals surface area contributed by atoms with Crippen LogP contribution in [0.5, 0.6) is 0 Å². The van der Waals surface area contributed by atoms with Gasteiger partial charge in [-0.15, -0.1) is 11.3 Å². The van der Waals surface area contributed by atoms with E-state index in [2.05, 4.69) is 15.6 Å². The summed E-state index contributed by atoms with van der Waals surface area (Å²) < 4.78 is 11.2. The second-order valence-electron chi connectivity index (χ2n) is 13.2. The molecule has 1 aliphatic carbocycles. The lowest BCUT2D eigenvalue weighted by Gasteiger charge is -2.30. The first-order chi connectivity index (χ1) is 21.3. The van der Waals surface area contributed by atoms with Gasteiger partial charge in [0.1, 0.15) is 29.3 Å². The molecule has 1 saturated carbocycles. The van der Waals surface area contributed by atoms with E-state index in [4.69, 9.17) is 15.2 Å². The Morgan fingerprint density at radius 2 is 2.00 bits per heavy atom. The molecule has 2 fully saturated rings. The van der Waals surface area contributed by atoms with Gasteiger partial charge in [0.15, 0.2) is 5.13 Å². The number of nitrogen functional groups attached to an aromatic ring is 1. The number of nitrogens with zero attached hydrogens (tertiary/aromatic N) is 3. The van der Waals surface area contributed by atoms with Crippen molar-refractivity contribution in [3.63, 3.8) is 0 Å². The highest BCUT2D eigenvalue weighted by Crippen LogP contribution is 2.45. The number of nitrogens with one attached hydrogen (secondary N) is 2. The van der Waals surface area contributed by atoms with Gasteiger partial charge in [-0.1, -0.05) is 25.0 Å². The molecule has 246 valence electrons. The molecular weight excluding hydrogens is 604 g/mol. The smallest absolute Gasteiger partial charge is 0.410 e. The summed E-state index contributed by atoms with van der Waals surface area (Å²) in [5.74, 6) is -2.68. The van der Waals surface area contributed by atoms with E-state index in [1.54, 1.807) is 20.8 Å². The van der Waals surface area contributed by atoms with Crippen LogP contribution in [-0.4, -0.2) is 92.3 Å². The fourth-order valence-electron chi connectivity index (χ4n) is 6.19. The maximum absolute atomic E-state index is 14.1. The topological polar surface area (TPSA) is 193 Å². The number of rotatable bonds is 3. The number of carbonyl (C=O) groups is 5. The van der Waals surface area contributed by atoms with Crippen molar-refractivity contribution in [1.82, 2.24) is 25.4 Å². The van der Waals surface area contributed by atoms with Crippen molar-refractivity contribution in [1.29, 1.82) is 0 Å². The van der Waals surface area contributed by atoms with Gasteiger partial charge < -0.3 is 40.7 Å². The van der Waals surface area contributed by atoms with Gasteiger partial charge in [0.05, 0.1) is 18.8 Å². The number of ether oxygens (including phenoxy) is 2. The van der Waals surface area contributed by atoms with Crippen molar-refractivity contribution in [2.75, 3.05) is 18.8 Å². The number of carbonyl (C=O) groups excluding carboxylic acids is 4. The van der Waals surface area contributed by atoms with Crippen molar-refractivity contribution in [3.8, 4) is 0 Å². The van der Waals surface area contributed by atoms with Crippen LogP contribution < -0.4 is 16.4 Å². The van der Waals surface area contributed by atoms with E-state index >= 15 is 0 Å². The van der Waals surface area contributed by atoms with E-state index < -0.39 is 59.3 Å². The average Bonchev–Trinajstić information content (AvgIpc) is 3.28. The Bertz CT molecular complexity index is 1370. The van der Waals surface area contributed by atoms with Gasteiger partial charge in [-0.3, -0.25) is 9.59 Å². The van der Waals surface area contributed by atoms with Gasteiger partial charge in [-0.25, -0.2) is 19.4 Å². The van der Waals surface area contributed by atoms with Crippen LogP contribution in [0, 0.1) is 5.92 Å². The van der Waals surface area contributed by atoms with E-state index in [0.717, 1.165) is 29.8 Å². The molecule has 5 N–H and O–H groups in total. The number of hydrogen-bond donors (Lipinski definition) is 4. The number of thiazole rings is 1. The molecule has 1 aromatic rings. The van der Waals surface area contributed by atoms with Crippen LogP contribution in [0.25, 0.3) is 0 Å². The maximum atomic E-state index is 14.1. The Kier molecular flexibility index (Phi) is 9.28. The molecule has 4 amide bonds. The highest BCUT2D eigenvalue weighted by atomic mass is 32.1. The lowest BCUT2D eigenvalue weighted by molar-refractivity contribution is -0.145. The van der Waals surface area contributed by atoms with Gasteiger partial charge in [0.25, 0.3) is 0 Å². The average molecular weight is 647 g/mol. The van der Waals surface area contributed by atoms with Gasteiger partial charge in [-0.05, 0) is 46.5 Å². The standard InChI is InChI=1S/C30H42N6O8S/c1-29(2,3)44-27(41)33-20-10-8-6-4-5-7-9-17-14-30(17,25(39)40)34-23(37)21-13-18(15-36(21)24(20)38)43-28(42)35-12-11-19-22(16-35)45-26(31)32-19/h7,9,17-18,20-21H,4-6,8,10-16H2,1-3H3,(H2,31,32)(H,33,41)(H,34,37)(H,39,40)/b9-7+/t17-,18-,20+,21+,30-/m1/s1. The summed E-state index contributed by atoms with van der Waals surface area (Å²) in [4.78, 5) is 74.1. The summed E-state index contributed by atoms with van der Waals surface area (Å²) in [6.45, 7) is 5.73. The van der Waals surface area contributed by atoms with E-state index in [9.17, 15) is 29.1 Å². The monoisotopic (exact) mass is 646 g/mol. The number of allylic oxidation sites excluding steroid dienone is 1. The number of alkyl carbamates (subject to hydrolysis) is 1. The molecule has 4 aliphatic rings. The van der Waals surface area contributed by atoms with E-state index in [1.165, 1.54) is 21.1 Å². The Morgan fingerprint density at radius 1 is 1.22 bits per heavy atom. The Labute approximate surface area is 265 Å². The Balaban J connectivity index is 1.36. The summed E-state index contributed by atoms with van der Waals surface area (Å²) in [6, 6.07) is -2.11. The second kappa shape index (κ2) is 12.9. The first kappa shape index (κ1) is 32.5. The van der Waals surface area contributed by atoms with Gasteiger partial charge in [0, 0.05) is 30.2 Å². The summed E-state index contributed by atoms with van der Waals surface area (Å²) in [7, 11) is 0. The predicted molar refractivity (Wildman–Crippen MR) is 163 cm³/mol. The van der Waals surface area contributed by atoms with Crippen LogP contribution in [0.3, 0.4) is 0 Å².